The molecule has 2 aliphatic carbocycles. The number of carbonyl (C=O) groups is 1. The monoisotopic (exact) mass is 338 g/mol. The van der Waals surface area contributed by atoms with Crippen LogP contribution in [0.5, 0.6) is 0 Å². The van der Waals surface area contributed by atoms with Gasteiger partial charge in [0.15, 0.2) is 5.65 Å². The fourth-order valence-corrected chi connectivity index (χ4v) is 4.96. The topological polar surface area (TPSA) is 51.0 Å². The van der Waals surface area contributed by atoms with E-state index in [4.69, 9.17) is 4.98 Å². The van der Waals surface area contributed by atoms with E-state index in [9.17, 15) is 4.79 Å². The minimum atomic E-state index is 0.194. The molecule has 5 rings (SSSR count). The van der Waals surface area contributed by atoms with Crippen LogP contribution in [0.25, 0.3) is 11.0 Å². The Morgan fingerprint density at radius 2 is 1.80 bits per heavy atom. The molecule has 0 unspecified atom stereocenters. The number of aryl methyl sites for hydroxylation is 2. The molecule has 1 aliphatic heterocycles. The van der Waals surface area contributed by atoms with Gasteiger partial charge in [0.25, 0.3) is 5.91 Å². The van der Waals surface area contributed by atoms with Gasteiger partial charge in [-0.1, -0.05) is 12.8 Å². The smallest absolute Gasteiger partial charge is 0.254 e. The first-order valence-electron chi connectivity index (χ1n) is 9.75. The predicted molar refractivity (Wildman–Crippen MR) is 96.6 cm³/mol. The molecule has 0 spiro atoms. The molecule has 0 aromatic carbocycles. The largest absolute Gasteiger partial charge is 0.338 e. The highest BCUT2D eigenvalue weighted by molar-refractivity contribution is 6.06. The second kappa shape index (κ2) is 5.55. The van der Waals surface area contributed by atoms with Crippen molar-refractivity contribution in [2.75, 3.05) is 13.1 Å². The van der Waals surface area contributed by atoms with E-state index < -0.39 is 0 Å². The maximum atomic E-state index is 13.4. The molecular formula is C20H26N4O. The number of pyridine rings is 1. The molecule has 2 saturated carbocycles. The standard InChI is InChI=1S/C20H26N4O/c1-12-18-16(9-17(13-7-8-13)21-19(18)23(2)22-12)20(25)24-10-14-5-3-4-6-15(14)11-24/h9,13-15H,3-8,10-11H2,1-2H3/t14-,15-/m0/s1. The lowest BCUT2D eigenvalue weighted by molar-refractivity contribution is 0.0785. The molecule has 5 heteroatoms. The number of amides is 1. The number of hydrogen-bond donors (Lipinski definition) is 0. The number of aromatic nitrogens is 3. The number of fused-ring (bicyclic) bond motifs is 2. The van der Waals surface area contributed by atoms with Gasteiger partial charge in [0.05, 0.1) is 16.6 Å². The summed E-state index contributed by atoms with van der Waals surface area (Å²) in [5, 5.41) is 5.49. The van der Waals surface area contributed by atoms with Gasteiger partial charge in [0.1, 0.15) is 0 Å². The first-order valence-corrected chi connectivity index (χ1v) is 9.75. The van der Waals surface area contributed by atoms with Gasteiger partial charge in [-0.05, 0) is 50.5 Å². The lowest BCUT2D eigenvalue weighted by atomic mass is 9.82. The Morgan fingerprint density at radius 1 is 1.12 bits per heavy atom. The maximum Gasteiger partial charge on any atom is 0.254 e. The van der Waals surface area contributed by atoms with Crippen LogP contribution in [0.4, 0.5) is 0 Å². The average molecular weight is 338 g/mol. The van der Waals surface area contributed by atoms with E-state index in [1.54, 1.807) is 0 Å². The third-order valence-corrected chi connectivity index (χ3v) is 6.48. The third kappa shape index (κ3) is 2.47. The van der Waals surface area contributed by atoms with Gasteiger partial charge in [0.2, 0.25) is 0 Å². The van der Waals surface area contributed by atoms with Crippen molar-refractivity contribution in [2.24, 2.45) is 18.9 Å². The van der Waals surface area contributed by atoms with Crippen LogP contribution in [-0.2, 0) is 7.05 Å². The predicted octanol–water partition coefficient (Wildman–Crippen LogP) is 3.42. The second-order valence-electron chi connectivity index (χ2n) is 8.29. The molecule has 1 amide bonds. The summed E-state index contributed by atoms with van der Waals surface area (Å²) in [5.74, 6) is 2.16. The van der Waals surface area contributed by atoms with E-state index in [1.807, 2.05) is 18.7 Å². The molecule has 3 aliphatic rings. The SMILES string of the molecule is Cc1nn(C)c2nc(C3CC3)cc(C(=O)N3C[C@@H]4CCCC[C@H]4C3)c12. The van der Waals surface area contributed by atoms with Crippen LogP contribution in [0.15, 0.2) is 6.07 Å². The summed E-state index contributed by atoms with van der Waals surface area (Å²) in [6.45, 7) is 3.86. The molecule has 1 saturated heterocycles. The van der Waals surface area contributed by atoms with Crippen LogP contribution in [0.1, 0.15) is 66.2 Å². The van der Waals surface area contributed by atoms with E-state index in [2.05, 4.69) is 16.1 Å². The molecular weight excluding hydrogens is 312 g/mol. The third-order valence-electron chi connectivity index (χ3n) is 6.48. The summed E-state index contributed by atoms with van der Waals surface area (Å²) in [5.41, 5.74) is 3.68. The molecule has 2 atom stereocenters. The Hall–Kier alpha value is -1.91. The van der Waals surface area contributed by atoms with Gasteiger partial charge in [0, 0.05) is 31.7 Å². The maximum absolute atomic E-state index is 13.4. The Balaban J connectivity index is 1.56. The van der Waals surface area contributed by atoms with E-state index in [-0.39, 0.29) is 5.91 Å². The summed E-state index contributed by atoms with van der Waals surface area (Å²) in [4.78, 5) is 20.4. The second-order valence-corrected chi connectivity index (χ2v) is 8.29. The normalized spacial score (nSPS) is 26.2. The summed E-state index contributed by atoms with van der Waals surface area (Å²) < 4.78 is 1.83. The molecule has 2 aromatic heterocycles. The number of nitrogens with zero attached hydrogens (tertiary/aromatic N) is 4. The van der Waals surface area contributed by atoms with Gasteiger partial charge >= 0.3 is 0 Å². The quantitative estimate of drug-likeness (QED) is 0.843. The molecule has 3 heterocycles. The minimum Gasteiger partial charge on any atom is -0.338 e. The summed E-state index contributed by atoms with van der Waals surface area (Å²) in [7, 11) is 1.93. The van der Waals surface area contributed by atoms with Crippen molar-refractivity contribution in [3.05, 3.63) is 23.0 Å². The fourth-order valence-electron chi connectivity index (χ4n) is 4.96. The molecule has 25 heavy (non-hydrogen) atoms. The van der Waals surface area contributed by atoms with Gasteiger partial charge in [-0.3, -0.25) is 9.48 Å². The Kier molecular flexibility index (Phi) is 3.41. The minimum absolute atomic E-state index is 0.194. The number of likely N-dealkylation sites (tertiary alicyclic amines) is 1. The van der Waals surface area contributed by atoms with Gasteiger partial charge in [-0.2, -0.15) is 5.10 Å². The first-order chi connectivity index (χ1) is 12.1. The van der Waals surface area contributed by atoms with Crippen molar-refractivity contribution >= 4 is 16.9 Å². The fraction of sp³-hybridized carbons (Fsp3) is 0.650. The zero-order valence-electron chi connectivity index (χ0n) is 15.2. The number of carbonyl (C=O) groups excluding carboxylic acids is 1. The molecule has 0 radical (unpaired) electrons. The van der Waals surface area contributed by atoms with Crippen molar-refractivity contribution in [3.8, 4) is 0 Å². The van der Waals surface area contributed by atoms with Crippen LogP contribution in [0.2, 0.25) is 0 Å². The van der Waals surface area contributed by atoms with Crippen molar-refractivity contribution in [2.45, 2.75) is 51.4 Å². The summed E-state index contributed by atoms with van der Waals surface area (Å²) >= 11 is 0. The first kappa shape index (κ1) is 15.4. The van der Waals surface area contributed by atoms with Crippen molar-refractivity contribution in [3.63, 3.8) is 0 Å². The van der Waals surface area contributed by atoms with Crippen LogP contribution in [-0.4, -0.2) is 38.7 Å². The summed E-state index contributed by atoms with van der Waals surface area (Å²) in [6, 6.07) is 2.07. The van der Waals surface area contributed by atoms with Crippen LogP contribution >= 0.6 is 0 Å². The molecule has 5 nitrogen and oxygen atoms in total. The van der Waals surface area contributed by atoms with Crippen LogP contribution in [0, 0.1) is 18.8 Å². The molecule has 0 bridgehead atoms. The average Bonchev–Trinajstić information content (AvgIpc) is 3.31. The van der Waals surface area contributed by atoms with Crippen molar-refractivity contribution < 1.29 is 4.79 Å². The van der Waals surface area contributed by atoms with Crippen LogP contribution < -0.4 is 0 Å². The van der Waals surface area contributed by atoms with Crippen LogP contribution in [0.3, 0.4) is 0 Å². The van der Waals surface area contributed by atoms with Gasteiger partial charge < -0.3 is 4.90 Å². The Labute approximate surface area is 148 Å². The highest BCUT2D eigenvalue weighted by Crippen LogP contribution is 2.41. The molecule has 0 N–H and O–H groups in total. The molecule has 2 aromatic rings. The number of hydrogen-bond acceptors (Lipinski definition) is 3. The van der Waals surface area contributed by atoms with Crippen molar-refractivity contribution in [1.29, 1.82) is 0 Å². The molecule has 3 fully saturated rings. The van der Waals surface area contributed by atoms with E-state index in [1.165, 1.54) is 38.5 Å². The van der Waals surface area contributed by atoms with Gasteiger partial charge in [-0.15, -0.1) is 0 Å². The van der Waals surface area contributed by atoms with E-state index >= 15 is 0 Å². The highest BCUT2D eigenvalue weighted by atomic mass is 16.2. The zero-order chi connectivity index (χ0) is 17.1. The van der Waals surface area contributed by atoms with Gasteiger partial charge in [-0.25, -0.2) is 4.98 Å². The summed E-state index contributed by atoms with van der Waals surface area (Å²) in [6.07, 6.45) is 7.62. The zero-order valence-corrected chi connectivity index (χ0v) is 15.2. The Morgan fingerprint density at radius 3 is 2.44 bits per heavy atom. The van der Waals surface area contributed by atoms with E-state index in [0.717, 1.165) is 41.1 Å². The highest BCUT2D eigenvalue weighted by Gasteiger charge is 2.38. The van der Waals surface area contributed by atoms with E-state index in [0.29, 0.717) is 17.8 Å². The Bertz CT molecular complexity index is 837. The molecule has 132 valence electrons. The lowest BCUT2D eigenvalue weighted by Crippen LogP contribution is -2.29. The lowest BCUT2D eigenvalue weighted by Gasteiger charge is -2.22. The number of rotatable bonds is 2. The van der Waals surface area contributed by atoms with Crippen molar-refractivity contribution in [1.82, 2.24) is 19.7 Å².